The average molecular weight is 278 g/mol. The monoisotopic (exact) mass is 278 g/mol. The normalized spacial score (nSPS) is 16.7. The Bertz CT molecular complexity index is 735. The predicted octanol–water partition coefficient (Wildman–Crippen LogP) is 2.16. The number of nitrogens with one attached hydrogen (secondary N) is 1. The second-order valence-electron chi connectivity index (χ2n) is 5.08. The molecule has 1 atom stereocenters. The van der Waals surface area contributed by atoms with Gasteiger partial charge < -0.3 is 5.32 Å². The summed E-state index contributed by atoms with van der Waals surface area (Å²) < 4.78 is 1.64. The predicted molar refractivity (Wildman–Crippen MR) is 78.1 cm³/mol. The molecule has 1 N–H and O–H groups in total. The molecule has 0 radical (unpaired) electrons. The number of rotatable bonds is 3. The molecule has 0 bridgehead atoms. The van der Waals surface area contributed by atoms with Crippen LogP contribution in [0.2, 0.25) is 0 Å². The molecular formula is C15H14N6. The highest BCUT2D eigenvalue weighted by atomic mass is 15.5. The van der Waals surface area contributed by atoms with Crippen LogP contribution in [-0.4, -0.2) is 25.2 Å². The van der Waals surface area contributed by atoms with Crippen molar-refractivity contribution in [3.63, 3.8) is 0 Å². The first-order valence-corrected chi connectivity index (χ1v) is 6.94. The fourth-order valence-electron chi connectivity index (χ4n) is 2.74. The van der Waals surface area contributed by atoms with E-state index in [0.29, 0.717) is 6.04 Å². The quantitative estimate of drug-likeness (QED) is 0.795. The summed E-state index contributed by atoms with van der Waals surface area (Å²) in [6, 6.07) is 12.5. The molecule has 3 aromatic rings. The molecule has 6 heteroatoms. The molecular weight excluding hydrogens is 264 g/mol. The van der Waals surface area contributed by atoms with Crippen LogP contribution in [0, 0.1) is 0 Å². The Hall–Kier alpha value is -2.76. The lowest BCUT2D eigenvalue weighted by Crippen LogP contribution is -2.08. The second-order valence-corrected chi connectivity index (χ2v) is 5.08. The Morgan fingerprint density at radius 1 is 1.14 bits per heavy atom. The van der Waals surface area contributed by atoms with E-state index in [1.165, 1.54) is 11.3 Å². The highest BCUT2D eigenvalue weighted by Gasteiger charge is 2.23. The minimum atomic E-state index is 0.292. The number of tetrazole rings is 1. The molecule has 21 heavy (non-hydrogen) atoms. The second kappa shape index (κ2) is 4.97. The van der Waals surface area contributed by atoms with E-state index in [0.717, 1.165) is 24.2 Å². The van der Waals surface area contributed by atoms with E-state index in [1.807, 2.05) is 36.5 Å². The summed E-state index contributed by atoms with van der Waals surface area (Å²) in [5.41, 5.74) is 4.54. The minimum absolute atomic E-state index is 0.292. The first kappa shape index (κ1) is 12.0. The number of hydrogen-bond donors (Lipinski definition) is 1. The van der Waals surface area contributed by atoms with E-state index in [-0.39, 0.29) is 0 Å². The topological polar surface area (TPSA) is 68.5 Å². The van der Waals surface area contributed by atoms with Gasteiger partial charge in [-0.1, -0.05) is 6.07 Å². The van der Waals surface area contributed by atoms with Gasteiger partial charge in [0.25, 0.3) is 0 Å². The van der Waals surface area contributed by atoms with Crippen molar-refractivity contribution in [2.75, 3.05) is 5.32 Å². The number of benzene rings is 1. The maximum Gasteiger partial charge on any atom is 0.143 e. The SMILES string of the molecule is c1cnc2c(c1)CCC2Nc1ccc(-n2cnnn2)cc1. The summed E-state index contributed by atoms with van der Waals surface area (Å²) in [7, 11) is 0. The van der Waals surface area contributed by atoms with Gasteiger partial charge in [-0.25, -0.2) is 4.68 Å². The van der Waals surface area contributed by atoms with E-state index in [1.54, 1.807) is 11.0 Å². The molecule has 2 aromatic heterocycles. The number of anilines is 1. The van der Waals surface area contributed by atoms with Gasteiger partial charge in [0.1, 0.15) is 6.33 Å². The summed E-state index contributed by atoms with van der Waals surface area (Å²) in [5.74, 6) is 0. The number of aromatic nitrogens is 5. The summed E-state index contributed by atoms with van der Waals surface area (Å²) in [4.78, 5) is 4.50. The van der Waals surface area contributed by atoms with Crippen LogP contribution in [0.3, 0.4) is 0 Å². The molecule has 4 rings (SSSR count). The molecule has 0 fully saturated rings. The molecule has 104 valence electrons. The maximum atomic E-state index is 4.50. The van der Waals surface area contributed by atoms with Crippen molar-refractivity contribution < 1.29 is 0 Å². The largest absolute Gasteiger partial charge is 0.377 e. The summed E-state index contributed by atoms with van der Waals surface area (Å²) >= 11 is 0. The van der Waals surface area contributed by atoms with E-state index in [9.17, 15) is 0 Å². The van der Waals surface area contributed by atoms with Gasteiger partial charge in [0, 0.05) is 11.9 Å². The van der Waals surface area contributed by atoms with Crippen LogP contribution in [0.1, 0.15) is 23.7 Å². The number of nitrogens with zero attached hydrogens (tertiary/aromatic N) is 5. The molecule has 1 aromatic carbocycles. The lowest BCUT2D eigenvalue weighted by molar-refractivity contribution is 0.745. The Labute approximate surface area is 121 Å². The van der Waals surface area contributed by atoms with Crippen LogP contribution in [-0.2, 0) is 6.42 Å². The Morgan fingerprint density at radius 3 is 2.86 bits per heavy atom. The molecule has 0 saturated heterocycles. The van der Waals surface area contributed by atoms with Crippen molar-refractivity contribution in [2.24, 2.45) is 0 Å². The van der Waals surface area contributed by atoms with E-state index in [2.05, 4.69) is 31.9 Å². The molecule has 1 aliphatic carbocycles. The molecule has 6 nitrogen and oxygen atoms in total. The van der Waals surface area contributed by atoms with Crippen LogP contribution in [0.5, 0.6) is 0 Å². The van der Waals surface area contributed by atoms with E-state index in [4.69, 9.17) is 0 Å². The van der Waals surface area contributed by atoms with Gasteiger partial charge in [-0.3, -0.25) is 4.98 Å². The molecule has 1 unspecified atom stereocenters. The van der Waals surface area contributed by atoms with Gasteiger partial charge in [-0.2, -0.15) is 0 Å². The first-order valence-electron chi connectivity index (χ1n) is 6.94. The third kappa shape index (κ3) is 2.24. The van der Waals surface area contributed by atoms with Gasteiger partial charge in [0.15, 0.2) is 0 Å². The Kier molecular flexibility index (Phi) is 2.85. The average Bonchev–Trinajstić information content (AvgIpc) is 3.19. The van der Waals surface area contributed by atoms with Crippen LogP contribution < -0.4 is 5.32 Å². The highest BCUT2D eigenvalue weighted by Crippen LogP contribution is 2.32. The highest BCUT2D eigenvalue weighted by molar-refractivity contribution is 5.50. The van der Waals surface area contributed by atoms with Gasteiger partial charge in [0.05, 0.1) is 17.4 Å². The number of hydrogen-bond acceptors (Lipinski definition) is 5. The summed E-state index contributed by atoms with van der Waals surface area (Å²) in [5, 5.41) is 14.7. The van der Waals surface area contributed by atoms with Gasteiger partial charge in [-0.15, -0.1) is 5.10 Å². The van der Waals surface area contributed by atoms with Gasteiger partial charge >= 0.3 is 0 Å². The number of aryl methyl sites for hydroxylation is 1. The summed E-state index contributed by atoms with van der Waals surface area (Å²) in [6.07, 6.45) is 5.61. The molecule has 1 aliphatic rings. The maximum absolute atomic E-state index is 4.50. The van der Waals surface area contributed by atoms with Crippen LogP contribution in [0.25, 0.3) is 5.69 Å². The lowest BCUT2D eigenvalue weighted by atomic mass is 10.2. The number of fused-ring (bicyclic) bond motifs is 1. The van der Waals surface area contributed by atoms with Crippen molar-refractivity contribution in [3.8, 4) is 5.69 Å². The summed E-state index contributed by atoms with van der Waals surface area (Å²) in [6.45, 7) is 0. The first-order chi connectivity index (χ1) is 10.4. The minimum Gasteiger partial charge on any atom is -0.377 e. The third-order valence-electron chi connectivity index (χ3n) is 3.78. The van der Waals surface area contributed by atoms with E-state index < -0.39 is 0 Å². The zero-order valence-electron chi connectivity index (χ0n) is 11.3. The van der Waals surface area contributed by atoms with Crippen molar-refractivity contribution in [1.82, 2.24) is 25.2 Å². The molecule has 0 spiro atoms. The lowest BCUT2D eigenvalue weighted by Gasteiger charge is -2.14. The smallest absolute Gasteiger partial charge is 0.143 e. The van der Waals surface area contributed by atoms with Gasteiger partial charge in [-0.05, 0) is 59.2 Å². The van der Waals surface area contributed by atoms with Gasteiger partial charge in [0.2, 0.25) is 0 Å². The zero-order chi connectivity index (χ0) is 14.1. The van der Waals surface area contributed by atoms with Crippen molar-refractivity contribution in [1.29, 1.82) is 0 Å². The Morgan fingerprint density at radius 2 is 2.05 bits per heavy atom. The van der Waals surface area contributed by atoms with Crippen molar-refractivity contribution in [2.45, 2.75) is 18.9 Å². The van der Waals surface area contributed by atoms with E-state index >= 15 is 0 Å². The fourth-order valence-corrected chi connectivity index (χ4v) is 2.74. The van der Waals surface area contributed by atoms with Crippen LogP contribution in [0.15, 0.2) is 48.9 Å². The van der Waals surface area contributed by atoms with Crippen LogP contribution >= 0.6 is 0 Å². The van der Waals surface area contributed by atoms with Crippen molar-refractivity contribution >= 4 is 5.69 Å². The molecule has 0 saturated carbocycles. The molecule has 0 aliphatic heterocycles. The standard InChI is InChI=1S/C15H14N6/c1-2-11-3-8-14(15(11)16-9-1)18-12-4-6-13(7-5-12)21-10-17-19-20-21/h1-2,4-7,9-10,14,18H,3,8H2. The Balaban J connectivity index is 1.53. The number of pyridine rings is 1. The van der Waals surface area contributed by atoms with Crippen LogP contribution in [0.4, 0.5) is 5.69 Å². The van der Waals surface area contributed by atoms with Crippen molar-refractivity contribution in [3.05, 3.63) is 60.2 Å². The molecule has 0 amide bonds. The fraction of sp³-hybridized carbons (Fsp3) is 0.200. The third-order valence-corrected chi connectivity index (χ3v) is 3.78. The zero-order valence-corrected chi connectivity index (χ0v) is 11.3. The molecule has 2 heterocycles.